The number of benzene rings is 2. The van der Waals surface area contributed by atoms with E-state index in [0.29, 0.717) is 27.8 Å². The Balaban J connectivity index is 1.61. The lowest BCUT2D eigenvalue weighted by molar-refractivity contribution is -0.116. The van der Waals surface area contributed by atoms with E-state index >= 15 is 0 Å². The first-order valence-electron chi connectivity index (χ1n) is 8.88. The zero-order valence-corrected chi connectivity index (χ0v) is 16.2. The van der Waals surface area contributed by atoms with Crippen molar-refractivity contribution in [2.24, 2.45) is 0 Å². The molecule has 0 aliphatic heterocycles. The van der Waals surface area contributed by atoms with E-state index in [9.17, 15) is 9.59 Å². The van der Waals surface area contributed by atoms with Crippen molar-refractivity contribution >= 4 is 29.0 Å². The van der Waals surface area contributed by atoms with Gasteiger partial charge in [0, 0.05) is 24.5 Å². The number of ketones is 1. The highest BCUT2D eigenvalue weighted by Gasteiger charge is 2.16. The Morgan fingerprint density at radius 1 is 1.00 bits per heavy atom. The fraction of sp³-hybridized carbons (Fsp3) is 0.333. The minimum absolute atomic E-state index is 0.0282. The molecule has 0 aromatic heterocycles. The molecule has 0 radical (unpaired) electrons. The lowest BCUT2D eigenvalue weighted by atomic mass is 10.0. The van der Waals surface area contributed by atoms with Gasteiger partial charge in [0.15, 0.2) is 5.78 Å². The number of halogens is 1. The van der Waals surface area contributed by atoms with Gasteiger partial charge in [-0.1, -0.05) is 23.7 Å². The molecule has 27 heavy (non-hydrogen) atoms. The number of methoxy groups -OCH3 is 2. The number of aryl methyl sites for hydroxylation is 2. The van der Waals surface area contributed by atoms with Crippen molar-refractivity contribution in [2.45, 2.75) is 32.1 Å². The van der Waals surface area contributed by atoms with Crippen molar-refractivity contribution in [1.29, 1.82) is 0 Å². The van der Waals surface area contributed by atoms with E-state index in [1.165, 1.54) is 25.3 Å². The summed E-state index contributed by atoms with van der Waals surface area (Å²) in [6.07, 6.45) is 3.48. The predicted molar refractivity (Wildman–Crippen MR) is 105 cm³/mol. The molecule has 0 fully saturated rings. The molecular weight excluding hydrogens is 366 g/mol. The lowest BCUT2D eigenvalue weighted by Gasteiger charge is -2.13. The number of hydrogen-bond donors (Lipinski definition) is 1. The second-order valence-corrected chi connectivity index (χ2v) is 6.90. The van der Waals surface area contributed by atoms with E-state index < -0.39 is 0 Å². The molecule has 0 saturated carbocycles. The molecule has 0 heterocycles. The highest BCUT2D eigenvalue weighted by molar-refractivity contribution is 6.32. The van der Waals surface area contributed by atoms with Crippen molar-refractivity contribution < 1.29 is 19.1 Å². The van der Waals surface area contributed by atoms with Crippen molar-refractivity contribution in [3.05, 3.63) is 52.0 Å². The second-order valence-electron chi connectivity index (χ2n) is 6.50. The van der Waals surface area contributed by atoms with Crippen LogP contribution in [-0.2, 0) is 17.6 Å². The maximum Gasteiger partial charge on any atom is 0.224 e. The molecule has 0 atom stereocenters. The Morgan fingerprint density at radius 2 is 1.74 bits per heavy atom. The van der Waals surface area contributed by atoms with Gasteiger partial charge in [0.25, 0.3) is 0 Å². The minimum atomic E-state index is -0.274. The Kier molecular flexibility index (Phi) is 6.01. The molecule has 3 rings (SSSR count). The summed E-state index contributed by atoms with van der Waals surface area (Å²) in [6.45, 7) is 0. The standard InChI is InChI=1S/C21H22ClNO4/c1-26-19-12-20(27-2)17(11-16(19)22)23-21(25)9-8-18(24)15-7-6-13-4-3-5-14(13)10-15/h6-7,10-12H,3-5,8-9H2,1-2H3,(H,23,25). The lowest BCUT2D eigenvalue weighted by Crippen LogP contribution is -2.14. The number of anilines is 1. The van der Waals surface area contributed by atoms with Crippen LogP contribution in [0.2, 0.25) is 5.02 Å². The quantitative estimate of drug-likeness (QED) is 0.713. The first-order chi connectivity index (χ1) is 13.0. The van der Waals surface area contributed by atoms with E-state index in [0.717, 1.165) is 19.3 Å². The second kappa shape index (κ2) is 8.44. The average Bonchev–Trinajstić information content (AvgIpc) is 3.14. The molecule has 0 unspecified atom stereocenters. The molecule has 6 heteroatoms. The number of rotatable bonds is 7. The van der Waals surface area contributed by atoms with Crippen LogP contribution in [-0.4, -0.2) is 25.9 Å². The van der Waals surface area contributed by atoms with Crippen molar-refractivity contribution in [1.82, 2.24) is 0 Å². The number of ether oxygens (including phenoxy) is 2. The summed E-state index contributed by atoms with van der Waals surface area (Å²) in [6, 6.07) is 9.03. The third kappa shape index (κ3) is 4.42. The van der Waals surface area contributed by atoms with Gasteiger partial charge >= 0.3 is 0 Å². The topological polar surface area (TPSA) is 64.6 Å². The highest BCUT2D eigenvalue weighted by Crippen LogP contribution is 2.36. The van der Waals surface area contributed by atoms with Crippen LogP contribution in [0.3, 0.4) is 0 Å². The molecule has 5 nitrogen and oxygen atoms in total. The molecule has 0 spiro atoms. The molecule has 142 valence electrons. The highest BCUT2D eigenvalue weighted by atomic mass is 35.5. The molecule has 1 aliphatic rings. The summed E-state index contributed by atoms with van der Waals surface area (Å²) in [5.41, 5.74) is 3.70. The molecular formula is C21H22ClNO4. The third-order valence-electron chi connectivity index (χ3n) is 4.75. The van der Waals surface area contributed by atoms with Gasteiger partial charge in [0.05, 0.1) is 24.9 Å². The van der Waals surface area contributed by atoms with E-state index in [1.807, 2.05) is 18.2 Å². The number of fused-ring (bicyclic) bond motifs is 1. The van der Waals surface area contributed by atoms with Gasteiger partial charge in [-0.2, -0.15) is 0 Å². The first-order valence-corrected chi connectivity index (χ1v) is 9.26. The minimum Gasteiger partial charge on any atom is -0.495 e. The van der Waals surface area contributed by atoms with E-state index in [-0.39, 0.29) is 24.5 Å². The summed E-state index contributed by atoms with van der Waals surface area (Å²) in [4.78, 5) is 24.7. The third-order valence-corrected chi connectivity index (χ3v) is 5.04. The average molecular weight is 388 g/mol. The van der Waals surface area contributed by atoms with Crippen LogP contribution in [0.1, 0.15) is 40.7 Å². The van der Waals surface area contributed by atoms with Crippen LogP contribution >= 0.6 is 11.6 Å². The van der Waals surface area contributed by atoms with Crippen LogP contribution in [0.15, 0.2) is 30.3 Å². The number of hydrogen-bond acceptors (Lipinski definition) is 4. The Labute approximate surface area is 163 Å². The van der Waals surface area contributed by atoms with Crippen LogP contribution in [0.4, 0.5) is 5.69 Å². The summed E-state index contributed by atoms with van der Waals surface area (Å²) in [7, 11) is 3.00. The fourth-order valence-corrected chi connectivity index (χ4v) is 3.53. The molecule has 1 N–H and O–H groups in total. The number of carbonyl (C=O) groups excluding carboxylic acids is 2. The monoisotopic (exact) mass is 387 g/mol. The smallest absolute Gasteiger partial charge is 0.224 e. The van der Waals surface area contributed by atoms with Crippen LogP contribution in [0.5, 0.6) is 11.5 Å². The van der Waals surface area contributed by atoms with Crippen LogP contribution < -0.4 is 14.8 Å². The maximum absolute atomic E-state index is 12.4. The van der Waals surface area contributed by atoms with Gasteiger partial charge in [-0.3, -0.25) is 9.59 Å². The predicted octanol–water partition coefficient (Wildman–Crippen LogP) is 4.45. The molecule has 2 aromatic rings. The maximum atomic E-state index is 12.4. The van der Waals surface area contributed by atoms with E-state index in [2.05, 4.69) is 5.32 Å². The summed E-state index contributed by atoms with van der Waals surface area (Å²) in [5.74, 6) is 0.594. The van der Waals surface area contributed by atoms with E-state index in [1.54, 1.807) is 12.1 Å². The van der Waals surface area contributed by atoms with Crippen molar-refractivity contribution in [3.63, 3.8) is 0 Å². The Hall–Kier alpha value is -2.53. The molecule has 0 saturated heterocycles. The van der Waals surface area contributed by atoms with Gasteiger partial charge in [-0.25, -0.2) is 0 Å². The first kappa shape index (κ1) is 19.2. The SMILES string of the molecule is COc1cc(OC)c(NC(=O)CCC(=O)c2ccc3c(c2)CCC3)cc1Cl. The largest absolute Gasteiger partial charge is 0.495 e. The van der Waals surface area contributed by atoms with Gasteiger partial charge in [0.2, 0.25) is 5.91 Å². The summed E-state index contributed by atoms with van der Waals surface area (Å²) in [5, 5.41) is 3.11. The van der Waals surface area contributed by atoms with Gasteiger partial charge < -0.3 is 14.8 Å². The Morgan fingerprint density at radius 3 is 2.48 bits per heavy atom. The van der Waals surface area contributed by atoms with E-state index in [4.69, 9.17) is 21.1 Å². The number of Topliss-reactive ketones (excluding diaryl/α,β-unsaturated/α-hetero) is 1. The number of carbonyl (C=O) groups is 2. The van der Waals surface area contributed by atoms with Gasteiger partial charge in [0.1, 0.15) is 11.5 Å². The summed E-state index contributed by atoms with van der Waals surface area (Å²) < 4.78 is 10.4. The molecule has 0 bridgehead atoms. The van der Waals surface area contributed by atoms with Crippen LogP contribution in [0.25, 0.3) is 0 Å². The zero-order valence-electron chi connectivity index (χ0n) is 15.4. The molecule has 2 aromatic carbocycles. The van der Waals surface area contributed by atoms with Crippen molar-refractivity contribution in [3.8, 4) is 11.5 Å². The van der Waals surface area contributed by atoms with Crippen molar-refractivity contribution in [2.75, 3.05) is 19.5 Å². The number of nitrogens with one attached hydrogen (secondary N) is 1. The zero-order chi connectivity index (χ0) is 19.4. The van der Waals surface area contributed by atoms with Gasteiger partial charge in [-0.15, -0.1) is 0 Å². The molecule has 1 amide bonds. The number of amides is 1. The fourth-order valence-electron chi connectivity index (χ4n) is 3.29. The normalized spacial score (nSPS) is 12.4. The van der Waals surface area contributed by atoms with Gasteiger partial charge in [-0.05, 0) is 42.5 Å². The molecule has 1 aliphatic carbocycles. The van der Waals surface area contributed by atoms with Crippen LogP contribution in [0, 0.1) is 0 Å². The summed E-state index contributed by atoms with van der Waals surface area (Å²) >= 11 is 6.11. The Bertz CT molecular complexity index is 879.